The van der Waals surface area contributed by atoms with Gasteiger partial charge >= 0.3 is 0 Å². The summed E-state index contributed by atoms with van der Waals surface area (Å²) >= 11 is 0. The lowest BCUT2D eigenvalue weighted by Gasteiger charge is -2.30. The first kappa shape index (κ1) is 18.8. The number of hydrogen-bond acceptors (Lipinski definition) is 4. The lowest BCUT2D eigenvalue weighted by molar-refractivity contribution is 0.299. The molecule has 0 radical (unpaired) electrons. The summed E-state index contributed by atoms with van der Waals surface area (Å²) in [5, 5.41) is 0.663. The maximum absolute atomic E-state index is 12.0. The minimum absolute atomic E-state index is 0.0178. The molecule has 3 aromatic rings. The van der Waals surface area contributed by atoms with Gasteiger partial charge in [-0.15, -0.1) is 0 Å². The second-order valence-corrected chi connectivity index (χ2v) is 7.74. The van der Waals surface area contributed by atoms with Crippen molar-refractivity contribution in [3.05, 3.63) is 75.6 Å². The largest absolute Gasteiger partial charge is 0.496 e. The fraction of sp³-hybridized carbons (Fsp3) is 0.375. The fourth-order valence-corrected chi connectivity index (χ4v) is 4.37. The number of nitrogens with zero attached hydrogens (tertiary/aromatic N) is 1. The van der Waals surface area contributed by atoms with Crippen LogP contribution in [0.5, 0.6) is 5.75 Å². The van der Waals surface area contributed by atoms with E-state index in [1.54, 1.807) is 7.11 Å². The number of benzene rings is 2. The summed E-state index contributed by atoms with van der Waals surface area (Å²) < 4.78 is 11.0. The van der Waals surface area contributed by atoms with E-state index in [-0.39, 0.29) is 5.43 Å². The van der Waals surface area contributed by atoms with Crippen LogP contribution in [0.25, 0.3) is 11.0 Å². The van der Waals surface area contributed by atoms with Crippen molar-refractivity contribution in [2.24, 2.45) is 0 Å². The zero-order chi connectivity index (χ0) is 19.5. The van der Waals surface area contributed by atoms with Gasteiger partial charge in [-0.2, -0.15) is 0 Å². The molecule has 0 amide bonds. The molecule has 1 heterocycles. The SMILES string of the molecule is COc1cccc2c1CCCC2CN(C)CCc1ccc2occc(=O)c2c1. The Bertz CT molecular complexity index is 1020. The van der Waals surface area contributed by atoms with Crippen LogP contribution in [-0.2, 0) is 12.8 Å². The standard InChI is InChI=1S/C24H27NO3/c1-25(13-11-17-9-10-24-21(15-17)22(26)12-14-28-24)16-18-5-3-7-20-19(18)6-4-8-23(20)27-2/h4,6,8-10,12,14-15,18H,3,5,7,11,13,16H2,1-2H3. The van der Waals surface area contributed by atoms with Gasteiger partial charge in [-0.05, 0) is 73.5 Å². The van der Waals surface area contributed by atoms with Gasteiger partial charge in [0, 0.05) is 19.2 Å². The van der Waals surface area contributed by atoms with Crippen molar-refractivity contribution >= 4 is 11.0 Å². The molecule has 0 saturated heterocycles. The van der Waals surface area contributed by atoms with Crippen molar-refractivity contribution in [3.8, 4) is 5.75 Å². The number of likely N-dealkylation sites (N-methyl/N-ethyl adjacent to an activating group) is 1. The van der Waals surface area contributed by atoms with Gasteiger partial charge < -0.3 is 14.1 Å². The highest BCUT2D eigenvalue weighted by molar-refractivity contribution is 5.76. The Kier molecular flexibility index (Phi) is 5.49. The van der Waals surface area contributed by atoms with Crippen LogP contribution in [0.15, 0.2) is 57.9 Å². The molecule has 1 atom stereocenters. The van der Waals surface area contributed by atoms with E-state index in [9.17, 15) is 4.79 Å². The van der Waals surface area contributed by atoms with E-state index in [1.165, 1.54) is 41.9 Å². The van der Waals surface area contributed by atoms with Crippen LogP contribution in [0, 0.1) is 0 Å². The minimum Gasteiger partial charge on any atom is -0.496 e. The summed E-state index contributed by atoms with van der Waals surface area (Å²) in [7, 11) is 3.94. The van der Waals surface area contributed by atoms with E-state index in [2.05, 4.69) is 36.2 Å². The van der Waals surface area contributed by atoms with Gasteiger partial charge in [0.25, 0.3) is 0 Å². The van der Waals surface area contributed by atoms with Crippen LogP contribution >= 0.6 is 0 Å². The van der Waals surface area contributed by atoms with Gasteiger partial charge in [0.2, 0.25) is 0 Å². The van der Waals surface area contributed by atoms with E-state index in [4.69, 9.17) is 9.15 Å². The predicted octanol–water partition coefficient (Wildman–Crippen LogP) is 4.40. The molecule has 1 aliphatic rings. The number of ether oxygens (including phenoxy) is 1. The van der Waals surface area contributed by atoms with Gasteiger partial charge in [-0.25, -0.2) is 0 Å². The lowest BCUT2D eigenvalue weighted by Crippen LogP contribution is -2.28. The summed E-state index contributed by atoms with van der Waals surface area (Å²) in [5.74, 6) is 1.58. The Labute approximate surface area is 165 Å². The molecule has 0 bridgehead atoms. The Balaban J connectivity index is 1.43. The van der Waals surface area contributed by atoms with Gasteiger partial charge in [0.1, 0.15) is 11.3 Å². The molecule has 0 fully saturated rings. The molecule has 4 heteroatoms. The molecular weight excluding hydrogens is 350 g/mol. The highest BCUT2D eigenvalue weighted by Crippen LogP contribution is 2.36. The molecule has 28 heavy (non-hydrogen) atoms. The summed E-state index contributed by atoms with van der Waals surface area (Å²) in [5.41, 5.74) is 4.67. The zero-order valence-electron chi connectivity index (χ0n) is 16.6. The third-order valence-electron chi connectivity index (χ3n) is 5.85. The monoisotopic (exact) mass is 377 g/mol. The molecule has 4 nitrogen and oxygen atoms in total. The molecule has 1 unspecified atom stereocenters. The predicted molar refractivity (Wildman–Crippen MR) is 112 cm³/mol. The van der Waals surface area contributed by atoms with Crippen molar-refractivity contribution in [1.29, 1.82) is 0 Å². The molecule has 1 aliphatic carbocycles. The van der Waals surface area contributed by atoms with Gasteiger partial charge in [0.05, 0.1) is 18.8 Å². The van der Waals surface area contributed by atoms with Gasteiger partial charge in [0.15, 0.2) is 5.43 Å². The first-order chi connectivity index (χ1) is 13.7. The third kappa shape index (κ3) is 3.83. The quantitative estimate of drug-likeness (QED) is 0.639. The highest BCUT2D eigenvalue weighted by Gasteiger charge is 2.23. The average molecular weight is 377 g/mol. The van der Waals surface area contributed by atoms with Crippen LogP contribution in [0.4, 0.5) is 0 Å². The van der Waals surface area contributed by atoms with Crippen molar-refractivity contribution in [2.75, 3.05) is 27.2 Å². The van der Waals surface area contributed by atoms with Crippen molar-refractivity contribution < 1.29 is 9.15 Å². The van der Waals surface area contributed by atoms with Gasteiger partial charge in [-0.1, -0.05) is 18.2 Å². The first-order valence-corrected chi connectivity index (χ1v) is 10.0. The summed E-state index contributed by atoms with van der Waals surface area (Å²) in [6.07, 6.45) is 5.92. The molecule has 0 N–H and O–H groups in total. The second kappa shape index (κ2) is 8.19. The Morgan fingerprint density at radius 1 is 1.21 bits per heavy atom. The van der Waals surface area contributed by atoms with Crippen LogP contribution in [0.2, 0.25) is 0 Å². The Morgan fingerprint density at radius 3 is 2.96 bits per heavy atom. The Hall–Kier alpha value is -2.59. The van der Waals surface area contributed by atoms with Crippen LogP contribution in [0.3, 0.4) is 0 Å². The normalized spacial score (nSPS) is 16.3. The van der Waals surface area contributed by atoms with E-state index in [0.717, 1.165) is 31.7 Å². The highest BCUT2D eigenvalue weighted by atomic mass is 16.5. The Morgan fingerprint density at radius 2 is 2.11 bits per heavy atom. The molecule has 0 saturated carbocycles. The third-order valence-corrected chi connectivity index (χ3v) is 5.85. The fourth-order valence-electron chi connectivity index (χ4n) is 4.37. The van der Waals surface area contributed by atoms with E-state index >= 15 is 0 Å². The van der Waals surface area contributed by atoms with Crippen molar-refractivity contribution in [2.45, 2.75) is 31.6 Å². The van der Waals surface area contributed by atoms with Crippen LogP contribution in [-0.4, -0.2) is 32.1 Å². The van der Waals surface area contributed by atoms with Gasteiger partial charge in [-0.3, -0.25) is 4.79 Å². The molecule has 4 rings (SSSR count). The molecule has 0 spiro atoms. The molecular formula is C24H27NO3. The molecule has 146 valence electrons. The average Bonchev–Trinajstić information content (AvgIpc) is 2.72. The lowest BCUT2D eigenvalue weighted by atomic mass is 9.82. The maximum atomic E-state index is 12.0. The number of hydrogen-bond donors (Lipinski definition) is 0. The number of rotatable bonds is 6. The summed E-state index contributed by atoms with van der Waals surface area (Å²) in [4.78, 5) is 14.4. The number of fused-ring (bicyclic) bond motifs is 2. The molecule has 1 aromatic heterocycles. The first-order valence-electron chi connectivity index (χ1n) is 10.0. The molecule has 0 aliphatic heterocycles. The maximum Gasteiger partial charge on any atom is 0.192 e. The summed E-state index contributed by atoms with van der Waals surface area (Å²) in [6, 6.07) is 13.8. The minimum atomic E-state index is 0.0178. The van der Waals surface area contributed by atoms with E-state index < -0.39 is 0 Å². The van der Waals surface area contributed by atoms with Crippen molar-refractivity contribution in [3.63, 3.8) is 0 Å². The second-order valence-electron chi connectivity index (χ2n) is 7.74. The smallest absolute Gasteiger partial charge is 0.192 e. The molecule has 2 aromatic carbocycles. The van der Waals surface area contributed by atoms with Crippen molar-refractivity contribution in [1.82, 2.24) is 4.90 Å². The van der Waals surface area contributed by atoms with Crippen LogP contribution in [0.1, 0.15) is 35.4 Å². The zero-order valence-corrected chi connectivity index (χ0v) is 16.6. The summed E-state index contributed by atoms with van der Waals surface area (Å²) in [6.45, 7) is 2.00. The van der Waals surface area contributed by atoms with E-state index in [1.807, 2.05) is 12.1 Å². The number of methoxy groups -OCH3 is 1. The topological polar surface area (TPSA) is 42.7 Å². The van der Waals surface area contributed by atoms with E-state index in [0.29, 0.717) is 16.9 Å². The van der Waals surface area contributed by atoms with Crippen LogP contribution < -0.4 is 10.2 Å².